The Hall–Kier alpha value is -3.23. The third kappa shape index (κ3) is 8.49. The van der Waals surface area contributed by atoms with Crippen LogP contribution in [0.2, 0.25) is 0 Å². The second-order valence-electron chi connectivity index (χ2n) is 9.23. The average molecular weight is 482 g/mol. The summed E-state index contributed by atoms with van der Waals surface area (Å²) in [5, 5.41) is 14.8. The minimum Gasteiger partial charge on any atom is -0.473 e. The van der Waals surface area contributed by atoms with Crippen molar-refractivity contribution in [1.82, 2.24) is 14.7 Å². The number of carbonyl (C=O) groups excluding carboxylic acids is 1. The van der Waals surface area contributed by atoms with Crippen molar-refractivity contribution < 1.29 is 24.6 Å². The molecule has 0 radical (unpaired) electrons. The highest BCUT2D eigenvalue weighted by Crippen LogP contribution is 2.22. The molecule has 2 fully saturated rings. The topological polar surface area (TPSA) is 101 Å². The number of piperidine rings is 1. The Kier molecular flexibility index (Phi) is 9.81. The van der Waals surface area contributed by atoms with E-state index >= 15 is 0 Å². The quantitative estimate of drug-likeness (QED) is 0.633. The molecule has 2 aliphatic rings. The number of rotatable bonds is 5. The van der Waals surface area contributed by atoms with Crippen LogP contribution in [0.25, 0.3) is 0 Å². The van der Waals surface area contributed by atoms with Crippen LogP contribution in [-0.2, 0) is 27.5 Å². The van der Waals surface area contributed by atoms with Crippen molar-refractivity contribution in [3.8, 4) is 0 Å². The summed E-state index contributed by atoms with van der Waals surface area (Å²) in [5.74, 6) is -3.05. The Labute approximate surface area is 206 Å². The van der Waals surface area contributed by atoms with E-state index in [1.54, 1.807) is 0 Å². The lowest BCUT2D eigenvalue weighted by atomic mass is 9.94. The molecule has 0 unspecified atom stereocenters. The van der Waals surface area contributed by atoms with Gasteiger partial charge in [0.25, 0.3) is 0 Å². The number of aliphatic carboxylic acids is 2. The molecule has 8 heteroatoms. The minimum absolute atomic E-state index is 0.213. The van der Waals surface area contributed by atoms with Crippen LogP contribution in [0.4, 0.5) is 0 Å². The first-order valence-corrected chi connectivity index (χ1v) is 12.1. The number of piperazine rings is 1. The zero-order valence-electron chi connectivity index (χ0n) is 20.3. The number of nitrogens with zero attached hydrogens (tertiary/aromatic N) is 3. The van der Waals surface area contributed by atoms with E-state index in [4.69, 9.17) is 19.8 Å². The lowest BCUT2D eigenvalue weighted by molar-refractivity contribution is -0.159. The summed E-state index contributed by atoms with van der Waals surface area (Å²) in [6.45, 7) is 9.86. The smallest absolute Gasteiger partial charge is 0.414 e. The molecule has 35 heavy (non-hydrogen) atoms. The number of aryl methyl sites for hydroxylation is 1. The molecule has 0 bridgehead atoms. The Morgan fingerprint density at radius 2 is 1.20 bits per heavy atom. The molecule has 1 amide bonds. The van der Waals surface area contributed by atoms with Crippen molar-refractivity contribution in [3.05, 3.63) is 71.3 Å². The van der Waals surface area contributed by atoms with Crippen molar-refractivity contribution in [1.29, 1.82) is 0 Å². The number of carbonyl (C=O) groups is 3. The molecule has 0 atom stereocenters. The molecule has 4 rings (SSSR count). The van der Waals surface area contributed by atoms with Crippen molar-refractivity contribution >= 4 is 17.8 Å². The van der Waals surface area contributed by atoms with Crippen molar-refractivity contribution in [2.75, 3.05) is 39.3 Å². The monoisotopic (exact) mass is 481 g/mol. The maximum atomic E-state index is 13.0. The van der Waals surface area contributed by atoms with Gasteiger partial charge in [-0.1, -0.05) is 60.2 Å². The SMILES string of the molecule is Cc1ccc(CN2CCC(C(=O)N3CCN(Cc4ccccc4)CC3)CC2)cc1.O=C(O)C(=O)O. The normalized spacial score (nSPS) is 17.3. The second-order valence-corrected chi connectivity index (χ2v) is 9.23. The zero-order chi connectivity index (χ0) is 25.2. The molecule has 2 saturated heterocycles. The van der Waals surface area contributed by atoms with Gasteiger partial charge in [-0.3, -0.25) is 14.6 Å². The van der Waals surface area contributed by atoms with Crippen LogP contribution < -0.4 is 0 Å². The van der Waals surface area contributed by atoms with Crippen molar-refractivity contribution in [2.45, 2.75) is 32.9 Å². The zero-order valence-corrected chi connectivity index (χ0v) is 20.3. The largest absolute Gasteiger partial charge is 0.473 e. The Morgan fingerprint density at radius 3 is 1.71 bits per heavy atom. The first-order chi connectivity index (χ1) is 16.8. The maximum Gasteiger partial charge on any atom is 0.414 e. The van der Waals surface area contributed by atoms with Gasteiger partial charge >= 0.3 is 11.9 Å². The summed E-state index contributed by atoms with van der Waals surface area (Å²) >= 11 is 0. The molecule has 8 nitrogen and oxygen atoms in total. The Morgan fingerprint density at radius 1 is 0.714 bits per heavy atom. The summed E-state index contributed by atoms with van der Waals surface area (Å²) in [7, 11) is 0. The van der Waals surface area contributed by atoms with Crippen LogP contribution in [0, 0.1) is 12.8 Å². The van der Waals surface area contributed by atoms with E-state index < -0.39 is 11.9 Å². The molecule has 0 spiro atoms. The lowest BCUT2D eigenvalue weighted by Gasteiger charge is -2.38. The van der Waals surface area contributed by atoms with Crippen LogP contribution >= 0.6 is 0 Å². The molecule has 2 aromatic carbocycles. The molecule has 0 saturated carbocycles. The van der Waals surface area contributed by atoms with Gasteiger partial charge in [0.15, 0.2) is 0 Å². The predicted molar refractivity (Wildman–Crippen MR) is 133 cm³/mol. The molecule has 0 aromatic heterocycles. The van der Waals surface area contributed by atoms with Crippen LogP contribution in [0.3, 0.4) is 0 Å². The molecule has 188 valence electrons. The third-order valence-electron chi connectivity index (χ3n) is 6.58. The summed E-state index contributed by atoms with van der Waals surface area (Å²) in [6.07, 6.45) is 1.99. The second kappa shape index (κ2) is 13.0. The molecule has 2 aliphatic heterocycles. The van der Waals surface area contributed by atoms with E-state index in [2.05, 4.69) is 76.2 Å². The molecular formula is C27H35N3O5. The highest BCUT2D eigenvalue weighted by molar-refractivity contribution is 6.27. The molecule has 2 N–H and O–H groups in total. The third-order valence-corrected chi connectivity index (χ3v) is 6.58. The predicted octanol–water partition coefficient (Wildman–Crippen LogP) is 2.71. The Bertz CT molecular complexity index is 952. The van der Waals surface area contributed by atoms with E-state index in [9.17, 15) is 4.79 Å². The standard InChI is InChI=1S/C25H33N3O.C2H2O4/c1-21-7-9-23(10-8-21)20-26-13-11-24(12-14-26)25(29)28-17-15-27(16-18-28)19-22-5-3-2-4-6-22;3-1(4)2(5)6/h2-10,24H,11-20H2,1H3;(H,3,4)(H,5,6). The van der Waals surface area contributed by atoms with Gasteiger partial charge in [0.1, 0.15) is 0 Å². The van der Waals surface area contributed by atoms with E-state index in [0.29, 0.717) is 5.91 Å². The fourth-order valence-electron chi connectivity index (χ4n) is 4.52. The van der Waals surface area contributed by atoms with Gasteiger partial charge in [0, 0.05) is 45.2 Å². The Balaban J connectivity index is 0.000000509. The van der Waals surface area contributed by atoms with E-state index in [1.165, 1.54) is 16.7 Å². The van der Waals surface area contributed by atoms with Gasteiger partial charge in [-0.15, -0.1) is 0 Å². The summed E-state index contributed by atoms with van der Waals surface area (Å²) < 4.78 is 0. The van der Waals surface area contributed by atoms with E-state index in [0.717, 1.165) is 65.2 Å². The van der Waals surface area contributed by atoms with Gasteiger partial charge in [-0.05, 0) is 44.0 Å². The number of benzene rings is 2. The number of likely N-dealkylation sites (tertiary alicyclic amines) is 1. The van der Waals surface area contributed by atoms with Crippen LogP contribution in [0.5, 0.6) is 0 Å². The molecule has 2 heterocycles. The number of hydrogen-bond acceptors (Lipinski definition) is 5. The highest BCUT2D eigenvalue weighted by atomic mass is 16.4. The lowest BCUT2D eigenvalue weighted by Crippen LogP contribution is -2.51. The molecule has 2 aromatic rings. The summed E-state index contributed by atoms with van der Waals surface area (Å²) in [5.41, 5.74) is 4.03. The van der Waals surface area contributed by atoms with Gasteiger partial charge in [-0.2, -0.15) is 0 Å². The number of carboxylic acid groups (broad SMARTS) is 2. The van der Waals surface area contributed by atoms with E-state index in [1.807, 2.05) is 0 Å². The highest BCUT2D eigenvalue weighted by Gasteiger charge is 2.30. The first kappa shape index (κ1) is 26.4. The summed E-state index contributed by atoms with van der Waals surface area (Å²) in [4.78, 5) is 38.3. The molecule has 0 aliphatic carbocycles. The average Bonchev–Trinajstić information content (AvgIpc) is 2.87. The first-order valence-electron chi connectivity index (χ1n) is 12.1. The van der Waals surface area contributed by atoms with Crippen LogP contribution in [0.15, 0.2) is 54.6 Å². The van der Waals surface area contributed by atoms with Crippen molar-refractivity contribution in [2.24, 2.45) is 5.92 Å². The van der Waals surface area contributed by atoms with Crippen molar-refractivity contribution in [3.63, 3.8) is 0 Å². The van der Waals surface area contributed by atoms with E-state index in [-0.39, 0.29) is 5.92 Å². The fraction of sp³-hybridized carbons (Fsp3) is 0.444. The number of amides is 1. The molecular weight excluding hydrogens is 446 g/mol. The number of carboxylic acids is 2. The van der Waals surface area contributed by atoms with Gasteiger partial charge in [-0.25, -0.2) is 9.59 Å². The van der Waals surface area contributed by atoms with Gasteiger partial charge < -0.3 is 15.1 Å². The van der Waals surface area contributed by atoms with Gasteiger partial charge in [0.05, 0.1) is 0 Å². The fourth-order valence-corrected chi connectivity index (χ4v) is 4.52. The van der Waals surface area contributed by atoms with Crippen LogP contribution in [0.1, 0.15) is 29.5 Å². The van der Waals surface area contributed by atoms with Gasteiger partial charge in [0.2, 0.25) is 5.91 Å². The number of hydrogen-bond donors (Lipinski definition) is 2. The summed E-state index contributed by atoms with van der Waals surface area (Å²) in [6, 6.07) is 19.4. The van der Waals surface area contributed by atoms with Crippen LogP contribution in [-0.4, -0.2) is 82.0 Å². The minimum atomic E-state index is -1.82. The maximum absolute atomic E-state index is 13.0.